The van der Waals surface area contributed by atoms with Crippen LogP contribution in [-0.4, -0.2) is 53.4 Å². The van der Waals surface area contributed by atoms with Crippen LogP contribution in [0.2, 0.25) is 0 Å². The summed E-state index contributed by atoms with van der Waals surface area (Å²) in [5.74, 6) is 0. The first-order valence-corrected chi connectivity index (χ1v) is 9.51. The van der Waals surface area contributed by atoms with Crippen LogP contribution in [0.3, 0.4) is 0 Å². The van der Waals surface area contributed by atoms with Gasteiger partial charge in [0.2, 0.25) is 15.0 Å². The van der Waals surface area contributed by atoms with Gasteiger partial charge in [0.15, 0.2) is 0 Å². The molecule has 23 heavy (non-hydrogen) atoms. The van der Waals surface area contributed by atoms with Crippen molar-refractivity contribution in [2.24, 2.45) is 0 Å². The fourth-order valence-corrected chi connectivity index (χ4v) is 3.87. The minimum absolute atomic E-state index is 0.000500. The van der Waals surface area contributed by atoms with Crippen molar-refractivity contribution in [1.82, 2.24) is 14.5 Å². The van der Waals surface area contributed by atoms with Gasteiger partial charge in [0.1, 0.15) is 0 Å². The topological polar surface area (TPSA) is 75.4 Å². The SMILES string of the molecule is CS(=O)(=O)c1nccn1C[C@@H](O)CN1CCc2ccccc2C1. The summed E-state index contributed by atoms with van der Waals surface area (Å²) in [7, 11) is -3.38. The van der Waals surface area contributed by atoms with Gasteiger partial charge in [-0.3, -0.25) is 4.90 Å². The first kappa shape index (κ1) is 16.2. The van der Waals surface area contributed by atoms with Gasteiger partial charge >= 0.3 is 0 Å². The molecule has 1 atom stereocenters. The lowest BCUT2D eigenvalue weighted by Crippen LogP contribution is -2.38. The van der Waals surface area contributed by atoms with Crippen LogP contribution in [0.4, 0.5) is 0 Å². The Morgan fingerprint density at radius 1 is 1.26 bits per heavy atom. The third-order valence-electron chi connectivity index (χ3n) is 4.10. The van der Waals surface area contributed by atoms with Crippen molar-refractivity contribution in [2.75, 3.05) is 19.3 Å². The van der Waals surface area contributed by atoms with E-state index in [1.165, 1.54) is 21.9 Å². The number of fused-ring (bicyclic) bond motifs is 1. The molecule has 0 amide bonds. The first-order valence-electron chi connectivity index (χ1n) is 7.62. The number of aliphatic hydroxyl groups is 1. The molecule has 0 saturated heterocycles. The van der Waals surface area contributed by atoms with Gasteiger partial charge in [-0.1, -0.05) is 24.3 Å². The second-order valence-electron chi connectivity index (χ2n) is 6.04. The van der Waals surface area contributed by atoms with Gasteiger partial charge in [0.05, 0.1) is 12.6 Å². The minimum atomic E-state index is -3.38. The maximum atomic E-state index is 11.6. The Labute approximate surface area is 136 Å². The molecule has 1 aromatic carbocycles. The highest BCUT2D eigenvalue weighted by Gasteiger charge is 2.21. The van der Waals surface area contributed by atoms with E-state index in [2.05, 4.69) is 28.1 Å². The van der Waals surface area contributed by atoms with Crippen molar-refractivity contribution in [2.45, 2.75) is 30.8 Å². The molecule has 0 spiro atoms. The highest BCUT2D eigenvalue weighted by atomic mass is 32.2. The van der Waals surface area contributed by atoms with Crippen molar-refractivity contribution in [3.63, 3.8) is 0 Å². The van der Waals surface area contributed by atoms with E-state index < -0.39 is 15.9 Å². The van der Waals surface area contributed by atoms with Crippen LogP contribution in [0.15, 0.2) is 41.8 Å². The number of aliphatic hydroxyl groups excluding tert-OH is 1. The lowest BCUT2D eigenvalue weighted by atomic mass is 10.00. The number of benzene rings is 1. The molecule has 3 rings (SSSR count). The summed E-state index contributed by atoms with van der Waals surface area (Å²) in [6.07, 6.45) is 4.49. The Kier molecular flexibility index (Phi) is 4.52. The molecule has 0 aliphatic carbocycles. The van der Waals surface area contributed by atoms with Gasteiger partial charge in [0.25, 0.3) is 0 Å². The van der Waals surface area contributed by atoms with E-state index in [9.17, 15) is 13.5 Å². The lowest BCUT2D eigenvalue weighted by Gasteiger charge is -2.30. The van der Waals surface area contributed by atoms with Crippen LogP contribution < -0.4 is 0 Å². The van der Waals surface area contributed by atoms with Crippen LogP contribution >= 0.6 is 0 Å². The predicted octanol–water partition coefficient (Wildman–Crippen LogP) is 0.706. The monoisotopic (exact) mass is 335 g/mol. The van der Waals surface area contributed by atoms with E-state index in [0.29, 0.717) is 6.54 Å². The summed E-state index contributed by atoms with van der Waals surface area (Å²) < 4.78 is 24.8. The smallest absolute Gasteiger partial charge is 0.227 e. The zero-order chi connectivity index (χ0) is 16.4. The van der Waals surface area contributed by atoms with E-state index in [0.717, 1.165) is 25.8 Å². The number of β-amino-alcohol motifs (C(OH)–C–C–N with tert-alkyl or cyclic N) is 1. The van der Waals surface area contributed by atoms with Gasteiger partial charge < -0.3 is 9.67 Å². The molecule has 124 valence electrons. The van der Waals surface area contributed by atoms with Gasteiger partial charge in [0, 0.05) is 38.3 Å². The zero-order valence-corrected chi connectivity index (χ0v) is 13.9. The Morgan fingerprint density at radius 3 is 2.74 bits per heavy atom. The van der Waals surface area contributed by atoms with Gasteiger partial charge in [-0.15, -0.1) is 0 Å². The fraction of sp³-hybridized carbons (Fsp3) is 0.438. The highest BCUT2D eigenvalue weighted by molar-refractivity contribution is 7.90. The highest BCUT2D eigenvalue weighted by Crippen LogP contribution is 2.18. The third kappa shape index (κ3) is 3.80. The average Bonchev–Trinajstić information content (AvgIpc) is 2.95. The van der Waals surface area contributed by atoms with E-state index in [-0.39, 0.29) is 11.7 Å². The number of imidazole rings is 1. The molecular weight excluding hydrogens is 314 g/mol. The van der Waals surface area contributed by atoms with Crippen LogP contribution in [-0.2, 0) is 29.3 Å². The van der Waals surface area contributed by atoms with Crippen molar-refractivity contribution < 1.29 is 13.5 Å². The normalized spacial score (nSPS) is 17.0. The quantitative estimate of drug-likeness (QED) is 0.871. The van der Waals surface area contributed by atoms with Crippen LogP contribution in [0.1, 0.15) is 11.1 Å². The van der Waals surface area contributed by atoms with E-state index >= 15 is 0 Å². The number of hydrogen-bond donors (Lipinski definition) is 1. The van der Waals surface area contributed by atoms with Crippen LogP contribution in [0.5, 0.6) is 0 Å². The van der Waals surface area contributed by atoms with E-state index in [1.807, 2.05) is 6.07 Å². The lowest BCUT2D eigenvalue weighted by molar-refractivity contribution is 0.0897. The molecule has 0 fully saturated rings. The van der Waals surface area contributed by atoms with E-state index in [1.54, 1.807) is 6.20 Å². The second kappa shape index (κ2) is 6.43. The summed E-state index contributed by atoms with van der Waals surface area (Å²) in [4.78, 5) is 6.07. The molecule has 0 saturated carbocycles. The van der Waals surface area contributed by atoms with Gasteiger partial charge in [-0.2, -0.15) is 0 Å². The third-order valence-corrected chi connectivity index (χ3v) is 5.10. The Balaban J connectivity index is 1.63. The molecule has 0 radical (unpaired) electrons. The molecule has 7 heteroatoms. The standard InChI is InChI=1S/C16H21N3O3S/c1-23(21,22)16-17-7-9-19(16)12-15(20)11-18-8-6-13-4-2-3-5-14(13)10-18/h2-5,7,9,15,20H,6,8,10-12H2,1H3/t15-/m0/s1. The van der Waals surface area contributed by atoms with E-state index in [4.69, 9.17) is 0 Å². The summed E-state index contributed by atoms with van der Waals surface area (Å²) in [6.45, 7) is 2.45. The summed E-state index contributed by atoms with van der Waals surface area (Å²) in [6, 6.07) is 8.34. The Bertz CT molecular complexity index is 785. The predicted molar refractivity (Wildman–Crippen MR) is 86.8 cm³/mol. The maximum Gasteiger partial charge on any atom is 0.227 e. The average molecular weight is 335 g/mol. The Morgan fingerprint density at radius 2 is 2.00 bits per heavy atom. The number of aromatic nitrogens is 2. The van der Waals surface area contributed by atoms with Crippen molar-refractivity contribution >= 4 is 9.84 Å². The number of rotatable bonds is 5. The summed E-state index contributed by atoms with van der Waals surface area (Å²) in [5, 5.41) is 10.3. The molecule has 0 unspecified atom stereocenters. The largest absolute Gasteiger partial charge is 0.390 e. The number of hydrogen-bond acceptors (Lipinski definition) is 5. The van der Waals surface area contributed by atoms with Gasteiger partial charge in [-0.05, 0) is 17.5 Å². The summed E-state index contributed by atoms with van der Waals surface area (Å²) in [5.41, 5.74) is 2.66. The Hall–Kier alpha value is -1.70. The second-order valence-corrected chi connectivity index (χ2v) is 7.95. The molecule has 2 aromatic rings. The molecule has 0 bridgehead atoms. The molecular formula is C16H21N3O3S. The first-order chi connectivity index (χ1) is 10.9. The minimum Gasteiger partial charge on any atom is -0.390 e. The number of nitrogens with zero attached hydrogens (tertiary/aromatic N) is 3. The van der Waals surface area contributed by atoms with Crippen molar-refractivity contribution in [3.05, 3.63) is 47.8 Å². The van der Waals surface area contributed by atoms with Crippen LogP contribution in [0.25, 0.3) is 0 Å². The van der Waals surface area contributed by atoms with Crippen molar-refractivity contribution in [3.8, 4) is 0 Å². The van der Waals surface area contributed by atoms with Gasteiger partial charge in [-0.25, -0.2) is 13.4 Å². The maximum absolute atomic E-state index is 11.6. The molecule has 1 aliphatic heterocycles. The molecule has 2 heterocycles. The zero-order valence-electron chi connectivity index (χ0n) is 13.1. The molecule has 1 aliphatic rings. The van der Waals surface area contributed by atoms with Crippen LogP contribution in [0, 0.1) is 0 Å². The number of sulfone groups is 1. The molecule has 1 N–H and O–H groups in total. The summed E-state index contributed by atoms with van der Waals surface area (Å²) >= 11 is 0. The molecule has 1 aromatic heterocycles. The molecule has 6 nitrogen and oxygen atoms in total. The fourth-order valence-electron chi connectivity index (χ4n) is 3.06. The van der Waals surface area contributed by atoms with Crippen molar-refractivity contribution in [1.29, 1.82) is 0 Å².